The fraction of sp³-hybridized carbons (Fsp3) is 0.125. The third kappa shape index (κ3) is 3.58. The highest BCUT2D eigenvalue weighted by molar-refractivity contribution is 5.32. The molecule has 3 N–H and O–H groups in total. The van der Waals surface area contributed by atoms with Gasteiger partial charge in [0.1, 0.15) is 5.75 Å². The van der Waals surface area contributed by atoms with Crippen molar-refractivity contribution in [2.45, 2.75) is 6.61 Å². The fourth-order valence-electron chi connectivity index (χ4n) is 0.645. The van der Waals surface area contributed by atoms with E-state index in [2.05, 4.69) is 0 Å². The molecule has 1 aromatic rings. The van der Waals surface area contributed by atoms with Crippen LogP contribution in [0.1, 0.15) is 5.56 Å². The van der Waals surface area contributed by atoms with E-state index in [0.717, 1.165) is 0 Å². The molecule has 0 aliphatic rings. The van der Waals surface area contributed by atoms with E-state index in [1.165, 1.54) is 0 Å². The second-order valence-electron chi connectivity index (χ2n) is 1.89. The molecule has 4 nitrogen and oxygen atoms in total. The molecular weight excluding hydrogens is 160 g/mol. The van der Waals surface area contributed by atoms with Crippen molar-refractivity contribution in [3.05, 3.63) is 29.8 Å². The molecule has 1 rings (SSSR count). The summed E-state index contributed by atoms with van der Waals surface area (Å²) in [6.07, 6.45) is 0. The maximum Gasteiger partial charge on any atom is 0.290 e. The van der Waals surface area contributed by atoms with E-state index in [0.29, 0.717) is 5.56 Å². The molecule has 0 bridgehead atoms. The van der Waals surface area contributed by atoms with Gasteiger partial charge in [0.05, 0.1) is 6.61 Å². The number of carboxylic acid groups (broad SMARTS) is 1. The van der Waals surface area contributed by atoms with Crippen molar-refractivity contribution in [3.63, 3.8) is 0 Å². The molecule has 0 aliphatic carbocycles. The molecular formula is C8H10O4. The largest absolute Gasteiger partial charge is 0.508 e. The Labute approximate surface area is 69.7 Å². The first-order valence-corrected chi connectivity index (χ1v) is 3.21. The number of para-hydroxylation sites is 1. The van der Waals surface area contributed by atoms with Crippen LogP contribution < -0.4 is 0 Å². The lowest BCUT2D eigenvalue weighted by molar-refractivity contribution is -0.122. The van der Waals surface area contributed by atoms with Crippen molar-refractivity contribution < 1.29 is 20.1 Å². The lowest BCUT2D eigenvalue weighted by Gasteiger charge is -1.96. The van der Waals surface area contributed by atoms with Crippen LogP contribution in [-0.2, 0) is 11.4 Å². The fourth-order valence-corrected chi connectivity index (χ4v) is 0.645. The van der Waals surface area contributed by atoms with E-state index in [4.69, 9.17) is 20.1 Å². The van der Waals surface area contributed by atoms with Gasteiger partial charge in [0.15, 0.2) is 0 Å². The quantitative estimate of drug-likeness (QED) is 0.539. The average molecular weight is 170 g/mol. The smallest absolute Gasteiger partial charge is 0.290 e. The molecule has 66 valence electrons. The highest BCUT2D eigenvalue weighted by atomic mass is 16.3. The van der Waals surface area contributed by atoms with Crippen LogP contribution in [0.15, 0.2) is 24.3 Å². The molecule has 0 spiro atoms. The lowest BCUT2D eigenvalue weighted by atomic mass is 10.2. The van der Waals surface area contributed by atoms with Gasteiger partial charge in [-0.1, -0.05) is 18.2 Å². The number of aliphatic hydroxyl groups excluding tert-OH is 1. The van der Waals surface area contributed by atoms with Gasteiger partial charge in [0.25, 0.3) is 6.47 Å². The van der Waals surface area contributed by atoms with E-state index >= 15 is 0 Å². The van der Waals surface area contributed by atoms with Crippen LogP contribution in [0.3, 0.4) is 0 Å². The van der Waals surface area contributed by atoms with Crippen molar-refractivity contribution in [1.29, 1.82) is 0 Å². The summed E-state index contributed by atoms with van der Waals surface area (Å²) < 4.78 is 0. The second-order valence-corrected chi connectivity index (χ2v) is 1.89. The lowest BCUT2D eigenvalue weighted by Crippen LogP contribution is -1.80. The van der Waals surface area contributed by atoms with Crippen molar-refractivity contribution >= 4 is 6.47 Å². The van der Waals surface area contributed by atoms with E-state index in [1.807, 2.05) is 0 Å². The van der Waals surface area contributed by atoms with Crippen molar-refractivity contribution in [3.8, 4) is 5.75 Å². The molecule has 0 fully saturated rings. The number of benzene rings is 1. The number of hydrogen-bond donors (Lipinski definition) is 3. The van der Waals surface area contributed by atoms with Crippen LogP contribution in [0.2, 0.25) is 0 Å². The summed E-state index contributed by atoms with van der Waals surface area (Å²) in [6.45, 7) is -0.354. The average Bonchev–Trinajstić information content (AvgIpc) is 2.07. The van der Waals surface area contributed by atoms with E-state index < -0.39 is 0 Å². The standard InChI is InChI=1S/C7H8O2.CH2O2/c8-5-6-3-1-2-4-7(6)9;2-1-3/h1-4,8-9H,5H2;1H,(H,2,3). The van der Waals surface area contributed by atoms with Gasteiger partial charge in [0.2, 0.25) is 0 Å². The van der Waals surface area contributed by atoms with Gasteiger partial charge in [-0.15, -0.1) is 0 Å². The summed E-state index contributed by atoms with van der Waals surface area (Å²) >= 11 is 0. The van der Waals surface area contributed by atoms with Crippen molar-refractivity contribution in [2.75, 3.05) is 0 Å². The molecule has 0 saturated heterocycles. The van der Waals surface area contributed by atoms with Crippen LogP contribution in [0.4, 0.5) is 0 Å². The number of hydrogen-bond acceptors (Lipinski definition) is 3. The Balaban J connectivity index is 0.000000354. The zero-order valence-corrected chi connectivity index (χ0v) is 6.34. The van der Waals surface area contributed by atoms with Crippen LogP contribution in [0.5, 0.6) is 5.75 Å². The van der Waals surface area contributed by atoms with Crippen molar-refractivity contribution in [1.82, 2.24) is 0 Å². The molecule has 4 heteroatoms. The molecule has 12 heavy (non-hydrogen) atoms. The van der Waals surface area contributed by atoms with Gasteiger partial charge < -0.3 is 15.3 Å². The van der Waals surface area contributed by atoms with E-state index in [1.54, 1.807) is 24.3 Å². The number of rotatable bonds is 1. The highest BCUT2D eigenvalue weighted by Crippen LogP contribution is 2.14. The first-order valence-electron chi connectivity index (χ1n) is 3.21. The third-order valence-corrected chi connectivity index (χ3v) is 1.16. The maximum atomic E-state index is 8.95. The Morgan fingerprint density at radius 2 is 1.83 bits per heavy atom. The summed E-state index contributed by atoms with van der Waals surface area (Å²) in [4.78, 5) is 8.36. The van der Waals surface area contributed by atoms with Crippen LogP contribution in [-0.4, -0.2) is 21.8 Å². The highest BCUT2D eigenvalue weighted by Gasteiger charge is 1.93. The zero-order chi connectivity index (χ0) is 9.40. The predicted octanol–water partition coefficient (Wildman–Crippen LogP) is 0.585. The minimum Gasteiger partial charge on any atom is -0.508 e. The molecule has 1 aromatic carbocycles. The van der Waals surface area contributed by atoms with E-state index in [-0.39, 0.29) is 18.8 Å². The molecule has 0 amide bonds. The molecule has 0 atom stereocenters. The Morgan fingerprint density at radius 1 is 1.33 bits per heavy atom. The van der Waals surface area contributed by atoms with Gasteiger partial charge in [0, 0.05) is 5.56 Å². The summed E-state index contributed by atoms with van der Waals surface area (Å²) in [7, 11) is 0. The SMILES string of the molecule is O=CO.OCc1ccccc1O. The van der Waals surface area contributed by atoms with Gasteiger partial charge >= 0.3 is 0 Å². The topological polar surface area (TPSA) is 77.8 Å². The Hall–Kier alpha value is -1.55. The minimum atomic E-state index is -0.250. The molecule has 0 aromatic heterocycles. The van der Waals surface area contributed by atoms with Gasteiger partial charge in [-0.05, 0) is 6.07 Å². The molecule has 0 heterocycles. The van der Waals surface area contributed by atoms with Gasteiger partial charge in [-0.3, -0.25) is 4.79 Å². The first-order chi connectivity index (χ1) is 5.76. The van der Waals surface area contributed by atoms with Gasteiger partial charge in [-0.25, -0.2) is 0 Å². The monoisotopic (exact) mass is 170 g/mol. The molecule has 0 aliphatic heterocycles. The van der Waals surface area contributed by atoms with Crippen molar-refractivity contribution in [2.24, 2.45) is 0 Å². The Bertz CT molecular complexity index is 234. The Kier molecular flexibility index (Phi) is 5.38. The number of phenols is 1. The van der Waals surface area contributed by atoms with Crippen LogP contribution in [0, 0.1) is 0 Å². The summed E-state index contributed by atoms with van der Waals surface area (Å²) in [6, 6.07) is 6.71. The molecule has 0 unspecified atom stereocenters. The summed E-state index contributed by atoms with van der Waals surface area (Å²) in [5.74, 6) is 0.153. The Morgan fingerprint density at radius 3 is 2.17 bits per heavy atom. The predicted molar refractivity (Wildman–Crippen MR) is 42.7 cm³/mol. The normalized spacial score (nSPS) is 8.08. The van der Waals surface area contributed by atoms with E-state index in [9.17, 15) is 0 Å². The number of aliphatic hydroxyl groups is 1. The minimum absolute atomic E-state index is 0.104. The summed E-state index contributed by atoms with van der Waals surface area (Å²) in [5.41, 5.74) is 0.567. The maximum absolute atomic E-state index is 8.95. The number of carbonyl (C=O) groups is 1. The molecule has 0 radical (unpaired) electrons. The zero-order valence-electron chi connectivity index (χ0n) is 6.34. The van der Waals surface area contributed by atoms with Crippen LogP contribution in [0.25, 0.3) is 0 Å². The van der Waals surface area contributed by atoms with Crippen LogP contribution >= 0.6 is 0 Å². The number of aromatic hydroxyl groups is 1. The summed E-state index contributed by atoms with van der Waals surface area (Å²) in [5, 5.41) is 24.4. The van der Waals surface area contributed by atoms with Gasteiger partial charge in [-0.2, -0.15) is 0 Å². The molecule has 0 saturated carbocycles. The third-order valence-electron chi connectivity index (χ3n) is 1.16. The second kappa shape index (κ2) is 6.18. The first kappa shape index (κ1) is 10.4.